The molecular weight excluding hydrogens is 264 g/mol. The summed E-state index contributed by atoms with van der Waals surface area (Å²) in [6.07, 6.45) is 1.09. The largest absolute Gasteiger partial charge is 0.365 e. The van der Waals surface area contributed by atoms with Crippen LogP contribution >= 0.6 is 11.3 Å². The molecule has 2 nitrogen and oxygen atoms in total. The fraction of sp³-hybridized carbons (Fsp3) is 0.235. The minimum atomic E-state index is 0.854. The third kappa shape index (κ3) is 2.54. The van der Waals surface area contributed by atoms with Crippen LogP contribution in [-0.4, -0.2) is 4.98 Å². The van der Waals surface area contributed by atoms with Gasteiger partial charge >= 0.3 is 0 Å². The van der Waals surface area contributed by atoms with Gasteiger partial charge in [-0.1, -0.05) is 25.1 Å². The Morgan fingerprint density at radius 1 is 1.20 bits per heavy atom. The van der Waals surface area contributed by atoms with Gasteiger partial charge in [0.25, 0.3) is 0 Å². The van der Waals surface area contributed by atoms with Crippen molar-refractivity contribution in [3.63, 3.8) is 0 Å². The van der Waals surface area contributed by atoms with Gasteiger partial charge in [-0.05, 0) is 48.1 Å². The van der Waals surface area contributed by atoms with Crippen molar-refractivity contribution < 1.29 is 0 Å². The Hall–Kier alpha value is -1.87. The first kappa shape index (κ1) is 13.1. The lowest BCUT2D eigenvalue weighted by atomic mass is 10.1. The summed E-state index contributed by atoms with van der Waals surface area (Å²) < 4.78 is 0. The number of aryl methyl sites for hydroxylation is 2. The predicted molar refractivity (Wildman–Crippen MR) is 87.5 cm³/mol. The maximum Gasteiger partial charge on any atom is 0.129 e. The molecule has 0 aliphatic carbocycles. The molecule has 0 fully saturated rings. The Labute approximate surface area is 123 Å². The summed E-state index contributed by atoms with van der Waals surface area (Å²) in [6, 6.07) is 12.6. The van der Waals surface area contributed by atoms with Crippen LogP contribution in [0.25, 0.3) is 10.9 Å². The first-order valence-corrected chi connectivity index (χ1v) is 7.81. The number of thiophene rings is 1. The summed E-state index contributed by atoms with van der Waals surface area (Å²) in [5.74, 6) is 0.985. The molecular formula is C17H18N2S. The predicted octanol–water partition coefficient (Wildman–Crippen LogP) is 4.78. The van der Waals surface area contributed by atoms with E-state index in [0.717, 1.165) is 24.3 Å². The number of aromatic nitrogens is 1. The van der Waals surface area contributed by atoms with E-state index in [1.54, 1.807) is 0 Å². The Balaban J connectivity index is 1.85. The first-order valence-electron chi connectivity index (χ1n) is 6.93. The van der Waals surface area contributed by atoms with Crippen LogP contribution in [0.4, 0.5) is 5.82 Å². The van der Waals surface area contributed by atoms with Gasteiger partial charge in [-0.3, -0.25) is 0 Å². The van der Waals surface area contributed by atoms with Gasteiger partial charge in [0.05, 0.1) is 12.1 Å². The van der Waals surface area contributed by atoms with Crippen molar-refractivity contribution in [3.05, 3.63) is 57.8 Å². The van der Waals surface area contributed by atoms with Crippen LogP contribution < -0.4 is 5.32 Å². The highest BCUT2D eigenvalue weighted by molar-refractivity contribution is 7.10. The zero-order valence-corrected chi connectivity index (χ0v) is 12.6. The number of para-hydroxylation sites is 1. The van der Waals surface area contributed by atoms with Gasteiger partial charge in [0.1, 0.15) is 5.82 Å². The quantitative estimate of drug-likeness (QED) is 0.745. The van der Waals surface area contributed by atoms with Crippen molar-refractivity contribution >= 4 is 28.1 Å². The molecule has 0 aliphatic heterocycles. The van der Waals surface area contributed by atoms with Crippen LogP contribution in [0.3, 0.4) is 0 Å². The molecule has 1 aromatic carbocycles. The zero-order chi connectivity index (χ0) is 13.9. The third-order valence-corrected chi connectivity index (χ3v) is 4.51. The molecule has 0 saturated carbocycles. The Bertz CT molecular complexity index is 731. The second-order valence-electron chi connectivity index (χ2n) is 4.92. The lowest BCUT2D eigenvalue weighted by molar-refractivity contribution is 1.07. The van der Waals surface area contributed by atoms with E-state index in [4.69, 9.17) is 4.98 Å². The fourth-order valence-electron chi connectivity index (χ4n) is 2.40. The molecule has 2 aromatic heterocycles. The van der Waals surface area contributed by atoms with Gasteiger partial charge in [-0.2, -0.15) is 0 Å². The SMILES string of the molecule is CCc1ccsc1CNc1nc2ccccc2cc1C. The van der Waals surface area contributed by atoms with E-state index >= 15 is 0 Å². The van der Waals surface area contributed by atoms with E-state index in [2.05, 4.69) is 54.9 Å². The summed E-state index contributed by atoms with van der Waals surface area (Å²) in [5, 5.41) is 6.84. The van der Waals surface area contributed by atoms with Crippen molar-refractivity contribution in [1.29, 1.82) is 0 Å². The first-order chi connectivity index (χ1) is 9.78. The number of rotatable bonds is 4. The molecule has 1 N–H and O–H groups in total. The van der Waals surface area contributed by atoms with E-state index in [9.17, 15) is 0 Å². The summed E-state index contributed by atoms with van der Waals surface area (Å²) in [5.41, 5.74) is 3.67. The highest BCUT2D eigenvalue weighted by Gasteiger charge is 2.06. The van der Waals surface area contributed by atoms with Gasteiger partial charge in [0.15, 0.2) is 0 Å². The average molecular weight is 282 g/mol. The summed E-state index contributed by atoms with van der Waals surface area (Å²) in [6.45, 7) is 5.16. The molecule has 0 aliphatic rings. The van der Waals surface area contributed by atoms with Crippen molar-refractivity contribution in [2.75, 3.05) is 5.32 Å². The monoisotopic (exact) mass is 282 g/mol. The van der Waals surface area contributed by atoms with Crippen LogP contribution in [0.2, 0.25) is 0 Å². The van der Waals surface area contributed by atoms with E-state index in [-0.39, 0.29) is 0 Å². The van der Waals surface area contributed by atoms with Crippen LogP contribution in [-0.2, 0) is 13.0 Å². The van der Waals surface area contributed by atoms with Crippen LogP contribution in [0.15, 0.2) is 41.8 Å². The zero-order valence-electron chi connectivity index (χ0n) is 11.8. The Kier molecular flexibility index (Phi) is 3.70. The fourth-order valence-corrected chi connectivity index (χ4v) is 3.32. The van der Waals surface area contributed by atoms with Crippen LogP contribution in [0.1, 0.15) is 22.9 Å². The van der Waals surface area contributed by atoms with Gasteiger partial charge in [-0.25, -0.2) is 4.98 Å². The van der Waals surface area contributed by atoms with Gasteiger partial charge in [-0.15, -0.1) is 11.3 Å². The normalized spacial score (nSPS) is 10.9. The minimum Gasteiger partial charge on any atom is -0.365 e. The molecule has 0 atom stereocenters. The maximum atomic E-state index is 4.72. The van der Waals surface area contributed by atoms with Crippen molar-refractivity contribution in [1.82, 2.24) is 4.98 Å². The van der Waals surface area contributed by atoms with Crippen LogP contribution in [0.5, 0.6) is 0 Å². The molecule has 3 heteroatoms. The number of anilines is 1. The molecule has 3 rings (SSSR count). The maximum absolute atomic E-state index is 4.72. The highest BCUT2D eigenvalue weighted by atomic mass is 32.1. The standard InChI is InChI=1S/C17H18N2S/c1-3-13-8-9-20-16(13)11-18-17-12(2)10-14-6-4-5-7-15(14)19-17/h4-10H,3,11H2,1-2H3,(H,18,19). The molecule has 0 spiro atoms. The Morgan fingerprint density at radius 3 is 2.90 bits per heavy atom. The number of pyridine rings is 1. The summed E-state index contributed by atoms with van der Waals surface area (Å²) >= 11 is 1.81. The smallest absolute Gasteiger partial charge is 0.129 e. The Morgan fingerprint density at radius 2 is 2.05 bits per heavy atom. The van der Waals surface area contributed by atoms with E-state index in [1.807, 2.05) is 17.4 Å². The molecule has 0 radical (unpaired) electrons. The van der Waals surface area contributed by atoms with Gasteiger partial charge in [0.2, 0.25) is 0 Å². The molecule has 0 unspecified atom stereocenters. The average Bonchev–Trinajstić information content (AvgIpc) is 2.92. The second kappa shape index (κ2) is 5.63. The number of nitrogens with one attached hydrogen (secondary N) is 1. The summed E-state index contributed by atoms with van der Waals surface area (Å²) in [7, 11) is 0. The van der Waals surface area contributed by atoms with E-state index < -0.39 is 0 Å². The van der Waals surface area contributed by atoms with Gasteiger partial charge in [0, 0.05) is 10.3 Å². The topological polar surface area (TPSA) is 24.9 Å². The molecule has 0 bridgehead atoms. The molecule has 0 amide bonds. The number of benzene rings is 1. The van der Waals surface area contributed by atoms with E-state index in [1.165, 1.54) is 21.4 Å². The minimum absolute atomic E-state index is 0.854. The summed E-state index contributed by atoms with van der Waals surface area (Å²) in [4.78, 5) is 6.13. The molecule has 0 saturated heterocycles. The van der Waals surface area contributed by atoms with E-state index in [0.29, 0.717) is 0 Å². The molecule has 20 heavy (non-hydrogen) atoms. The number of fused-ring (bicyclic) bond motifs is 1. The van der Waals surface area contributed by atoms with Crippen molar-refractivity contribution in [2.24, 2.45) is 0 Å². The number of nitrogens with zero attached hydrogens (tertiary/aromatic N) is 1. The molecule has 102 valence electrons. The third-order valence-electron chi connectivity index (χ3n) is 3.55. The van der Waals surface area contributed by atoms with Gasteiger partial charge < -0.3 is 5.32 Å². The second-order valence-corrected chi connectivity index (χ2v) is 5.92. The van der Waals surface area contributed by atoms with Crippen LogP contribution in [0, 0.1) is 6.92 Å². The lowest BCUT2D eigenvalue weighted by Crippen LogP contribution is -2.03. The lowest BCUT2D eigenvalue weighted by Gasteiger charge is -2.10. The highest BCUT2D eigenvalue weighted by Crippen LogP contribution is 2.22. The van der Waals surface area contributed by atoms with Crippen molar-refractivity contribution in [2.45, 2.75) is 26.8 Å². The number of hydrogen-bond donors (Lipinski definition) is 1. The van der Waals surface area contributed by atoms with Crippen molar-refractivity contribution in [3.8, 4) is 0 Å². The number of hydrogen-bond acceptors (Lipinski definition) is 3. The molecule has 3 aromatic rings. The molecule has 2 heterocycles.